The summed E-state index contributed by atoms with van der Waals surface area (Å²) in [7, 11) is 0. The molecule has 0 amide bonds. The highest BCUT2D eigenvalue weighted by Gasteiger charge is 2.49. The molecule has 6 heteroatoms. The van der Waals surface area contributed by atoms with E-state index in [-0.39, 0.29) is 12.4 Å². The Morgan fingerprint density at radius 3 is 2.31 bits per heavy atom. The molecule has 6 rings (SSSR count). The molecule has 0 N–H and O–H groups in total. The monoisotopic (exact) mass is 459 g/mol. The number of fused-ring (bicyclic) bond motifs is 2. The van der Waals surface area contributed by atoms with Crippen molar-refractivity contribution in [2.24, 2.45) is 0 Å². The first-order chi connectivity index (χ1) is 15.6. The number of halogens is 2. The van der Waals surface area contributed by atoms with Crippen LogP contribution in [0.3, 0.4) is 0 Å². The summed E-state index contributed by atoms with van der Waals surface area (Å²) in [6.45, 7) is 0.123. The zero-order valence-corrected chi connectivity index (χ0v) is 18.2. The lowest BCUT2D eigenvalue weighted by Gasteiger charge is -2.35. The number of hydrogen-bond donors (Lipinski definition) is 0. The number of para-hydroxylation sites is 1. The van der Waals surface area contributed by atoms with E-state index in [4.69, 9.17) is 27.9 Å². The second-order valence-electron chi connectivity index (χ2n) is 7.84. The molecule has 2 heterocycles. The Balaban J connectivity index is 1.69. The maximum Gasteiger partial charge on any atom is 0.337 e. The van der Waals surface area contributed by atoms with Gasteiger partial charge in [-0.1, -0.05) is 71.7 Å². The number of esters is 1. The topological polar surface area (TPSA) is 46.6 Å². The van der Waals surface area contributed by atoms with E-state index in [1.807, 2.05) is 59.5 Å². The summed E-state index contributed by atoms with van der Waals surface area (Å²) in [5.74, 6) is -1.19. The number of ether oxygens (including phenoxy) is 1. The normalized spacial score (nSPS) is 19.2. The van der Waals surface area contributed by atoms with E-state index in [9.17, 15) is 9.59 Å². The van der Waals surface area contributed by atoms with E-state index >= 15 is 0 Å². The molecule has 3 aromatic rings. The molecule has 1 aliphatic carbocycles. The second-order valence-corrected chi connectivity index (χ2v) is 8.69. The third kappa shape index (κ3) is 2.63. The van der Waals surface area contributed by atoms with Crippen LogP contribution in [0.4, 0.5) is 5.69 Å². The molecular formula is C26H15Cl2NO3. The van der Waals surface area contributed by atoms with E-state index in [0.29, 0.717) is 32.3 Å². The first-order valence-electron chi connectivity index (χ1n) is 10.1. The van der Waals surface area contributed by atoms with Crippen LogP contribution in [0.2, 0.25) is 10.0 Å². The van der Waals surface area contributed by atoms with E-state index in [1.165, 1.54) is 0 Å². The van der Waals surface area contributed by atoms with Gasteiger partial charge in [0.2, 0.25) is 0 Å². The Labute approximate surface area is 194 Å². The molecule has 156 valence electrons. The summed E-state index contributed by atoms with van der Waals surface area (Å²) in [6, 6.07) is 22.4. The SMILES string of the molecule is O=C1OCC2=C1C(c1ccc(Cl)cc1Cl)C1=C(c3ccccc3C1=O)N2c1ccccc1. The van der Waals surface area contributed by atoms with E-state index in [1.54, 1.807) is 18.2 Å². The van der Waals surface area contributed by atoms with Crippen molar-refractivity contribution in [3.63, 3.8) is 0 Å². The van der Waals surface area contributed by atoms with Crippen molar-refractivity contribution in [2.75, 3.05) is 11.5 Å². The van der Waals surface area contributed by atoms with Gasteiger partial charge < -0.3 is 9.64 Å². The fraction of sp³-hybridized carbons (Fsp3) is 0.0769. The number of carbonyl (C=O) groups is 2. The zero-order chi connectivity index (χ0) is 22.0. The summed E-state index contributed by atoms with van der Waals surface area (Å²) in [4.78, 5) is 28.7. The number of rotatable bonds is 2. The Kier molecular flexibility index (Phi) is 4.29. The van der Waals surface area contributed by atoms with E-state index in [2.05, 4.69) is 0 Å². The predicted octanol–water partition coefficient (Wildman–Crippen LogP) is 6.02. The van der Waals surface area contributed by atoms with Gasteiger partial charge in [-0.15, -0.1) is 0 Å². The molecule has 3 aliphatic rings. The molecule has 0 radical (unpaired) electrons. The standard InChI is InChI=1S/C26H15Cl2NO3/c27-14-10-11-18(19(28)12-14)21-22-20(13-32-26(22)31)29(15-6-2-1-3-7-15)24-16-8-4-5-9-17(16)25(30)23(21)24/h1-12,21H,13H2. The molecule has 0 saturated heterocycles. The number of Topliss-reactive ketones (excluding diaryl/α,β-unsaturated/α-hetero) is 1. The molecule has 1 atom stereocenters. The first-order valence-corrected chi connectivity index (χ1v) is 10.9. The van der Waals surface area contributed by atoms with Gasteiger partial charge in [0, 0.05) is 32.4 Å². The van der Waals surface area contributed by atoms with Gasteiger partial charge in [0.25, 0.3) is 0 Å². The van der Waals surface area contributed by atoms with Crippen LogP contribution in [0.25, 0.3) is 5.70 Å². The number of nitrogens with zero attached hydrogens (tertiary/aromatic N) is 1. The Hall–Kier alpha value is -3.34. The third-order valence-corrected chi connectivity index (χ3v) is 6.72. The maximum atomic E-state index is 13.7. The molecule has 0 bridgehead atoms. The Bertz CT molecular complexity index is 1390. The Morgan fingerprint density at radius 1 is 0.844 bits per heavy atom. The molecule has 1 unspecified atom stereocenters. The van der Waals surface area contributed by atoms with Crippen LogP contribution in [0, 0.1) is 0 Å². The summed E-state index contributed by atoms with van der Waals surface area (Å²) in [5, 5.41) is 0.886. The number of anilines is 1. The maximum absolute atomic E-state index is 13.7. The highest BCUT2D eigenvalue weighted by molar-refractivity contribution is 6.35. The number of allylic oxidation sites excluding steroid dienone is 1. The highest BCUT2D eigenvalue weighted by Crippen LogP contribution is 2.54. The number of ketones is 1. The lowest BCUT2D eigenvalue weighted by molar-refractivity contribution is -0.136. The predicted molar refractivity (Wildman–Crippen MR) is 124 cm³/mol. The van der Waals surface area contributed by atoms with Gasteiger partial charge in [-0.2, -0.15) is 0 Å². The largest absolute Gasteiger partial charge is 0.456 e. The molecule has 0 spiro atoms. The lowest BCUT2D eigenvalue weighted by Crippen LogP contribution is -2.30. The van der Waals surface area contributed by atoms with Crippen LogP contribution < -0.4 is 4.90 Å². The number of benzene rings is 3. The van der Waals surface area contributed by atoms with Crippen LogP contribution in [0.5, 0.6) is 0 Å². The molecule has 3 aromatic carbocycles. The van der Waals surface area contributed by atoms with Gasteiger partial charge in [-0.05, 0) is 29.8 Å². The van der Waals surface area contributed by atoms with Crippen molar-refractivity contribution in [3.05, 3.63) is 116 Å². The number of carbonyl (C=O) groups excluding carboxylic acids is 2. The summed E-state index contributed by atoms with van der Waals surface area (Å²) in [6.07, 6.45) is 0. The number of hydrogen-bond acceptors (Lipinski definition) is 4. The van der Waals surface area contributed by atoms with Gasteiger partial charge in [-0.25, -0.2) is 4.79 Å². The average Bonchev–Trinajstić information content (AvgIpc) is 3.32. The third-order valence-electron chi connectivity index (χ3n) is 6.16. The van der Waals surface area contributed by atoms with Crippen LogP contribution in [-0.4, -0.2) is 18.4 Å². The molecule has 0 saturated carbocycles. The summed E-state index contributed by atoms with van der Waals surface area (Å²) in [5.41, 5.74) is 5.42. The molecule has 4 nitrogen and oxygen atoms in total. The second kappa shape index (κ2) is 7.09. The fourth-order valence-electron chi connectivity index (χ4n) is 4.86. The smallest absolute Gasteiger partial charge is 0.337 e. The molecular weight excluding hydrogens is 445 g/mol. The summed E-state index contributed by atoms with van der Waals surface area (Å²) >= 11 is 12.7. The molecule has 0 aromatic heterocycles. The minimum atomic E-state index is -0.639. The van der Waals surface area contributed by atoms with Gasteiger partial charge in [0.05, 0.1) is 22.9 Å². The Morgan fingerprint density at radius 2 is 1.56 bits per heavy atom. The number of cyclic esters (lactones) is 1. The first kappa shape index (κ1) is 19.4. The van der Waals surface area contributed by atoms with Crippen molar-refractivity contribution in [2.45, 2.75) is 5.92 Å². The van der Waals surface area contributed by atoms with Gasteiger partial charge >= 0.3 is 5.97 Å². The van der Waals surface area contributed by atoms with Crippen LogP contribution in [0.1, 0.15) is 27.4 Å². The molecule has 32 heavy (non-hydrogen) atoms. The zero-order valence-electron chi connectivity index (χ0n) is 16.6. The van der Waals surface area contributed by atoms with Crippen molar-refractivity contribution in [1.29, 1.82) is 0 Å². The van der Waals surface area contributed by atoms with Gasteiger partial charge in [0.1, 0.15) is 6.61 Å². The van der Waals surface area contributed by atoms with E-state index < -0.39 is 11.9 Å². The van der Waals surface area contributed by atoms with Gasteiger partial charge in [-0.3, -0.25) is 4.79 Å². The fourth-order valence-corrected chi connectivity index (χ4v) is 5.38. The quantitative estimate of drug-likeness (QED) is 0.439. The van der Waals surface area contributed by atoms with Crippen molar-refractivity contribution in [1.82, 2.24) is 0 Å². The van der Waals surface area contributed by atoms with E-state index in [0.717, 1.165) is 22.6 Å². The van der Waals surface area contributed by atoms with Gasteiger partial charge in [0.15, 0.2) is 5.78 Å². The highest BCUT2D eigenvalue weighted by atomic mass is 35.5. The molecule has 0 fully saturated rings. The van der Waals surface area contributed by atoms with Crippen molar-refractivity contribution >= 4 is 46.3 Å². The average molecular weight is 460 g/mol. The van der Waals surface area contributed by atoms with Crippen LogP contribution in [0.15, 0.2) is 89.6 Å². The molecule has 2 aliphatic heterocycles. The van der Waals surface area contributed by atoms with Crippen molar-refractivity contribution in [3.8, 4) is 0 Å². The van der Waals surface area contributed by atoms with Crippen molar-refractivity contribution < 1.29 is 14.3 Å². The minimum Gasteiger partial charge on any atom is -0.456 e. The van der Waals surface area contributed by atoms with Crippen LogP contribution >= 0.6 is 23.2 Å². The minimum absolute atomic E-state index is 0.112. The summed E-state index contributed by atoms with van der Waals surface area (Å²) < 4.78 is 5.49. The lowest BCUT2D eigenvalue weighted by atomic mass is 9.79. The van der Waals surface area contributed by atoms with Crippen LogP contribution in [-0.2, 0) is 9.53 Å².